The minimum Gasteiger partial charge on any atom is -0.382 e. The van der Waals surface area contributed by atoms with Crippen molar-refractivity contribution >= 4 is 51.8 Å². The van der Waals surface area contributed by atoms with Crippen molar-refractivity contribution < 1.29 is 14.3 Å². The van der Waals surface area contributed by atoms with Gasteiger partial charge in [-0.3, -0.25) is 9.79 Å². The molecule has 0 aliphatic carbocycles. The number of methoxy groups -OCH3 is 1. The maximum Gasteiger partial charge on any atom is 0.251 e. The number of carbonyl (C=O) groups is 1. The molecule has 0 bridgehead atoms. The van der Waals surface area contributed by atoms with Crippen LogP contribution in [0.15, 0.2) is 33.7 Å². The number of rotatable bonds is 11. The summed E-state index contributed by atoms with van der Waals surface area (Å²) in [4.78, 5) is 16.1. The van der Waals surface area contributed by atoms with Crippen molar-refractivity contribution in [3.8, 4) is 0 Å². The van der Waals surface area contributed by atoms with Gasteiger partial charge in [-0.2, -0.15) is 0 Å². The molecule has 0 aromatic heterocycles. The number of hydrogen-bond donors (Lipinski definition) is 3. The number of benzene rings is 1. The van der Waals surface area contributed by atoms with Crippen molar-refractivity contribution in [2.75, 3.05) is 53.6 Å². The van der Waals surface area contributed by atoms with Gasteiger partial charge in [-0.05, 0) is 24.6 Å². The zero-order chi connectivity index (χ0) is 18.3. The zero-order valence-electron chi connectivity index (χ0n) is 15.2. The molecule has 0 radical (unpaired) electrons. The average Bonchev–Trinajstić information content (AvgIpc) is 2.62. The third-order valence-electron chi connectivity index (χ3n) is 3.20. The standard InChI is InChI=1S/C17H27BrN4O3.HI/c1-19-17(21-7-4-10-25-12-11-24-2)22-9-8-20-16(23)14-5-3-6-15(18)13-14;/h3,5-6,13H,4,7-12H2,1-2H3,(H,20,23)(H2,19,21,22);1H. The van der Waals surface area contributed by atoms with E-state index < -0.39 is 0 Å². The Balaban J connectivity index is 0.00000625. The molecule has 0 heterocycles. The van der Waals surface area contributed by atoms with Gasteiger partial charge in [-0.25, -0.2) is 0 Å². The van der Waals surface area contributed by atoms with Crippen molar-refractivity contribution in [3.05, 3.63) is 34.3 Å². The molecule has 1 aromatic carbocycles. The van der Waals surface area contributed by atoms with E-state index in [0.29, 0.717) is 44.4 Å². The van der Waals surface area contributed by atoms with Crippen LogP contribution in [-0.4, -0.2) is 65.5 Å². The first-order valence-electron chi connectivity index (χ1n) is 8.22. The van der Waals surface area contributed by atoms with Crippen LogP contribution >= 0.6 is 39.9 Å². The lowest BCUT2D eigenvalue weighted by atomic mass is 10.2. The van der Waals surface area contributed by atoms with Crippen LogP contribution in [0.4, 0.5) is 0 Å². The smallest absolute Gasteiger partial charge is 0.251 e. The van der Waals surface area contributed by atoms with Gasteiger partial charge >= 0.3 is 0 Å². The number of aliphatic imine (C=N–C) groups is 1. The van der Waals surface area contributed by atoms with E-state index in [1.54, 1.807) is 26.3 Å². The van der Waals surface area contributed by atoms with E-state index >= 15 is 0 Å². The number of amides is 1. The molecule has 0 aliphatic heterocycles. The Morgan fingerprint density at radius 3 is 2.54 bits per heavy atom. The molecule has 0 aliphatic rings. The zero-order valence-corrected chi connectivity index (χ0v) is 19.1. The summed E-state index contributed by atoms with van der Waals surface area (Å²) in [5.41, 5.74) is 0.630. The molecule has 148 valence electrons. The minimum atomic E-state index is -0.0979. The lowest BCUT2D eigenvalue weighted by Crippen LogP contribution is -2.42. The summed E-state index contributed by atoms with van der Waals surface area (Å²) < 4.78 is 11.2. The predicted octanol–water partition coefficient (Wildman–Crippen LogP) is 2.02. The highest BCUT2D eigenvalue weighted by atomic mass is 127. The summed E-state index contributed by atoms with van der Waals surface area (Å²) in [6, 6.07) is 7.29. The number of guanidine groups is 1. The van der Waals surface area contributed by atoms with Crippen molar-refractivity contribution in [3.63, 3.8) is 0 Å². The molecule has 26 heavy (non-hydrogen) atoms. The van der Waals surface area contributed by atoms with Gasteiger partial charge < -0.3 is 25.4 Å². The molecule has 0 spiro atoms. The fraction of sp³-hybridized carbons (Fsp3) is 0.529. The van der Waals surface area contributed by atoms with Crippen molar-refractivity contribution in [2.45, 2.75) is 6.42 Å². The first kappa shape index (κ1) is 25.1. The number of nitrogens with zero attached hydrogens (tertiary/aromatic N) is 1. The third-order valence-corrected chi connectivity index (χ3v) is 3.70. The van der Waals surface area contributed by atoms with E-state index in [2.05, 4.69) is 36.9 Å². The van der Waals surface area contributed by atoms with E-state index in [0.717, 1.165) is 17.4 Å². The van der Waals surface area contributed by atoms with Gasteiger partial charge in [0.15, 0.2) is 5.96 Å². The average molecular weight is 543 g/mol. The maximum absolute atomic E-state index is 12.0. The molecule has 1 rings (SSSR count). The van der Waals surface area contributed by atoms with Crippen LogP contribution in [0.25, 0.3) is 0 Å². The van der Waals surface area contributed by atoms with Crippen molar-refractivity contribution in [1.29, 1.82) is 0 Å². The molecular formula is C17H28BrIN4O3. The van der Waals surface area contributed by atoms with E-state index in [1.807, 2.05) is 12.1 Å². The monoisotopic (exact) mass is 542 g/mol. The third kappa shape index (κ3) is 11.7. The highest BCUT2D eigenvalue weighted by Crippen LogP contribution is 2.11. The molecule has 0 saturated heterocycles. The second-order valence-electron chi connectivity index (χ2n) is 5.15. The largest absolute Gasteiger partial charge is 0.382 e. The lowest BCUT2D eigenvalue weighted by Gasteiger charge is -2.12. The van der Waals surface area contributed by atoms with Gasteiger partial charge in [-0.1, -0.05) is 22.0 Å². The fourth-order valence-electron chi connectivity index (χ4n) is 1.93. The molecule has 0 unspecified atom stereocenters. The van der Waals surface area contributed by atoms with Gasteiger partial charge in [0.2, 0.25) is 0 Å². The molecular weight excluding hydrogens is 515 g/mol. The Kier molecular flexibility index (Phi) is 15.7. The van der Waals surface area contributed by atoms with Crippen molar-refractivity contribution in [1.82, 2.24) is 16.0 Å². The molecule has 3 N–H and O–H groups in total. The Morgan fingerprint density at radius 2 is 1.85 bits per heavy atom. The summed E-state index contributed by atoms with van der Waals surface area (Å²) in [6.07, 6.45) is 0.879. The van der Waals surface area contributed by atoms with Crippen LogP contribution in [0.2, 0.25) is 0 Å². The highest BCUT2D eigenvalue weighted by Gasteiger charge is 2.05. The lowest BCUT2D eigenvalue weighted by molar-refractivity contribution is 0.0698. The SMILES string of the molecule is CN=C(NCCCOCCOC)NCCNC(=O)c1cccc(Br)c1.I. The second kappa shape index (κ2) is 16.3. The second-order valence-corrected chi connectivity index (χ2v) is 6.07. The molecule has 0 fully saturated rings. The number of nitrogens with one attached hydrogen (secondary N) is 3. The van der Waals surface area contributed by atoms with Crippen molar-refractivity contribution in [2.24, 2.45) is 4.99 Å². The number of ether oxygens (including phenoxy) is 2. The number of carbonyl (C=O) groups excluding carboxylic acids is 1. The molecule has 1 amide bonds. The van der Waals surface area contributed by atoms with Crippen LogP contribution in [0.5, 0.6) is 0 Å². The molecule has 0 saturated carbocycles. The highest BCUT2D eigenvalue weighted by molar-refractivity contribution is 14.0. The van der Waals surface area contributed by atoms with Gasteiger partial charge in [0.25, 0.3) is 5.91 Å². The summed E-state index contributed by atoms with van der Waals surface area (Å²) in [7, 11) is 3.37. The van der Waals surface area contributed by atoms with Crippen LogP contribution in [0, 0.1) is 0 Å². The quantitative estimate of drug-likeness (QED) is 0.172. The Bertz CT molecular complexity index is 546. The first-order chi connectivity index (χ1) is 12.2. The molecule has 7 nitrogen and oxygen atoms in total. The summed E-state index contributed by atoms with van der Waals surface area (Å²) in [5, 5.41) is 9.21. The topological polar surface area (TPSA) is 84.0 Å². The normalized spacial score (nSPS) is 10.8. The first-order valence-corrected chi connectivity index (χ1v) is 9.01. The van der Waals surface area contributed by atoms with Gasteiger partial charge in [0.05, 0.1) is 13.2 Å². The summed E-state index contributed by atoms with van der Waals surface area (Å²) in [5.74, 6) is 0.604. The van der Waals surface area contributed by atoms with E-state index in [4.69, 9.17) is 9.47 Å². The molecule has 0 atom stereocenters. The van der Waals surface area contributed by atoms with E-state index in [9.17, 15) is 4.79 Å². The Labute approximate surface area is 180 Å². The van der Waals surface area contributed by atoms with Crippen LogP contribution in [0.3, 0.4) is 0 Å². The van der Waals surface area contributed by atoms with Crippen LogP contribution in [-0.2, 0) is 9.47 Å². The summed E-state index contributed by atoms with van der Waals surface area (Å²) >= 11 is 3.36. The van der Waals surface area contributed by atoms with Crippen LogP contribution < -0.4 is 16.0 Å². The Hall–Kier alpha value is -0.910. The van der Waals surface area contributed by atoms with Gasteiger partial charge in [0, 0.05) is 50.4 Å². The van der Waals surface area contributed by atoms with Crippen LogP contribution in [0.1, 0.15) is 16.8 Å². The molecule has 1 aromatic rings. The number of hydrogen-bond acceptors (Lipinski definition) is 4. The Morgan fingerprint density at radius 1 is 1.12 bits per heavy atom. The number of halogens is 2. The molecule has 9 heteroatoms. The van der Waals surface area contributed by atoms with Gasteiger partial charge in [-0.15, -0.1) is 24.0 Å². The fourth-order valence-corrected chi connectivity index (χ4v) is 2.33. The maximum atomic E-state index is 12.0. The minimum absolute atomic E-state index is 0. The predicted molar refractivity (Wildman–Crippen MR) is 119 cm³/mol. The van der Waals surface area contributed by atoms with E-state index in [-0.39, 0.29) is 29.9 Å². The summed E-state index contributed by atoms with van der Waals surface area (Å²) in [6.45, 7) is 3.76. The van der Waals surface area contributed by atoms with E-state index in [1.165, 1.54) is 0 Å². The van der Waals surface area contributed by atoms with Gasteiger partial charge in [0.1, 0.15) is 0 Å².